The number of piperidine rings is 1. The standard InChI is InChI=1S/C15H20BrClN2O/c1-11-4-7-19(8-5-11)9-6-18-15(20)12-2-3-14(17)13(16)10-12/h2-3,10-11H,4-9H2,1H3,(H,18,20). The fraction of sp³-hybridized carbons (Fsp3) is 0.533. The summed E-state index contributed by atoms with van der Waals surface area (Å²) in [6.07, 6.45) is 2.52. The van der Waals surface area contributed by atoms with Gasteiger partial charge in [0.2, 0.25) is 0 Å². The lowest BCUT2D eigenvalue weighted by Crippen LogP contribution is -2.39. The molecular weight excluding hydrogens is 340 g/mol. The van der Waals surface area contributed by atoms with Gasteiger partial charge in [0, 0.05) is 23.1 Å². The molecule has 3 nitrogen and oxygen atoms in total. The number of carbonyl (C=O) groups is 1. The van der Waals surface area contributed by atoms with Crippen LogP contribution in [0.5, 0.6) is 0 Å². The van der Waals surface area contributed by atoms with E-state index in [0.717, 1.165) is 30.0 Å². The second kappa shape index (κ2) is 7.43. The number of hydrogen-bond acceptors (Lipinski definition) is 2. The van der Waals surface area contributed by atoms with Crippen LogP contribution in [-0.4, -0.2) is 37.0 Å². The summed E-state index contributed by atoms with van der Waals surface area (Å²) in [5.74, 6) is 0.792. The van der Waals surface area contributed by atoms with E-state index < -0.39 is 0 Å². The van der Waals surface area contributed by atoms with Crippen molar-refractivity contribution in [3.8, 4) is 0 Å². The Hall–Kier alpha value is -0.580. The number of nitrogens with one attached hydrogen (secondary N) is 1. The zero-order chi connectivity index (χ0) is 14.5. The van der Waals surface area contributed by atoms with Crippen molar-refractivity contribution >= 4 is 33.4 Å². The molecule has 0 atom stereocenters. The number of benzene rings is 1. The van der Waals surface area contributed by atoms with E-state index in [2.05, 4.69) is 33.1 Å². The Bertz CT molecular complexity index is 473. The molecule has 2 rings (SSSR count). The molecule has 1 saturated heterocycles. The van der Waals surface area contributed by atoms with Crippen molar-refractivity contribution in [3.05, 3.63) is 33.3 Å². The SMILES string of the molecule is CC1CCN(CCNC(=O)c2ccc(Cl)c(Br)c2)CC1. The summed E-state index contributed by atoms with van der Waals surface area (Å²) in [5, 5.41) is 3.57. The van der Waals surface area contributed by atoms with Gasteiger partial charge in [0.15, 0.2) is 0 Å². The highest BCUT2D eigenvalue weighted by atomic mass is 79.9. The topological polar surface area (TPSA) is 32.3 Å². The molecule has 0 spiro atoms. The molecule has 1 heterocycles. The second-order valence-corrected chi connectivity index (χ2v) is 6.67. The summed E-state index contributed by atoms with van der Waals surface area (Å²) in [7, 11) is 0. The lowest BCUT2D eigenvalue weighted by molar-refractivity contribution is 0.0944. The molecule has 5 heteroatoms. The van der Waals surface area contributed by atoms with Gasteiger partial charge in [-0.3, -0.25) is 4.79 Å². The first-order valence-corrected chi connectivity index (χ1v) is 8.19. The fourth-order valence-corrected chi connectivity index (χ4v) is 2.85. The molecule has 1 fully saturated rings. The van der Waals surface area contributed by atoms with E-state index in [1.54, 1.807) is 18.2 Å². The van der Waals surface area contributed by atoms with E-state index in [-0.39, 0.29) is 5.91 Å². The zero-order valence-electron chi connectivity index (χ0n) is 11.7. The molecule has 1 N–H and O–H groups in total. The summed E-state index contributed by atoms with van der Waals surface area (Å²) < 4.78 is 0.747. The van der Waals surface area contributed by atoms with E-state index in [1.807, 2.05) is 0 Å². The van der Waals surface area contributed by atoms with Crippen LogP contribution in [0.25, 0.3) is 0 Å². The van der Waals surface area contributed by atoms with E-state index in [4.69, 9.17) is 11.6 Å². The molecule has 1 aliphatic heterocycles. The summed E-state index contributed by atoms with van der Waals surface area (Å²) in [5.41, 5.74) is 0.633. The molecular formula is C15H20BrClN2O. The number of hydrogen-bond donors (Lipinski definition) is 1. The second-order valence-electron chi connectivity index (χ2n) is 5.41. The van der Waals surface area contributed by atoms with E-state index in [9.17, 15) is 4.79 Å². The van der Waals surface area contributed by atoms with Gasteiger partial charge in [0.05, 0.1) is 5.02 Å². The Morgan fingerprint density at radius 2 is 2.15 bits per heavy atom. The van der Waals surface area contributed by atoms with Crippen LogP contribution in [0.1, 0.15) is 30.1 Å². The first-order valence-electron chi connectivity index (χ1n) is 7.02. The fourth-order valence-electron chi connectivity index (χ4n) is 2.35. The highest BCUT2D eigenvalue weighted by Crippen LogP contribution is 2.23. The van der Waals surface area contributed by atoms with Gasteiger partial charge in [-0.15, -0.1) is 0 Å². The molecule has 0 saturated carbocycles. The smallest absolute Gasteiger partial charge is 0.251 e. The number of nitrogens with zero attached hydrogens (tertiary/aromatic N) is 1. The minimum atomic E-state index is -0.0484. The van der Waals surface area contributed by atoms with Crippen molar-refractivity contribution in [2.75, 3.05) is 26.2 Å². The molecule has 1 amide bonds. The molecule has 20 heavy (non-hydrogen) atoms. The Kier molecular flexibility index (Phi) is 5.87. The van der Waals surface area contributed by atoms with Gasteiger partial charge in [-0.1, -0.05) is 18.5 Å². The van der Waals surface area contributed by atoms with E-state index in [1.165, 1.54) is 12.8 Å². The van der Waals surface area contributed by atoms with Crippen molar-refractivity contribution < 1.29 is 4.79 Å². The predicted molar refractivity (Wildman–Crippen MR) is 86.3 cm³/mol. The van der Waals surface area contributed by atoms with E-state index >= 15 is 0 Å². The minimum Gasteiger partial charge on any atom is -0.351 e. The van der Waals surface area contributed by atoms with Crippen LogP contribution in [0.4, 0.5) is 0 Å². The van der Waals surface area contributed by atoms with Crippen LogP contribution in [0.15, 0.2) is 22.7 Å². The number of carbonyl (C=O) groups excluding carboxylic acids is 1. The maximum absolute atomic E-state index is 12.0. The number of rotatable bonds is 4. The number of likely N-dealkylation sites (tertiary alicyclic amines) is 1. The first-order chi connectivity index (χ1) is 9.56. The van der Waals surface area contributed by atoms with E-state index in [0.29, 0.717) is 17.1 Å². The van der Waals surface area contributed by atoms with Crippen LogP contribution >= 0.6 is 27.5 Å². The third kappa shape index (κ3) is 4.47. The predicted octanol–water partition coefficient (Wildman–Crippen LogP) is 3.56. The van der Waals surface area contributed by atoms with Crippen LogP contribution < -0.4 is 5.32 Å². The highest BCUT2D eigenvalue weighted by Gasteiger charge is 2.15. The minimum absolute atomic E-state index is 0.0484. The highest BCUT2D eigenvalue weighted by molar-refractivity contribution is 9.10. The van der Waals surface area contributed by atoms with Gasteiger partial charge in [-0.25, -0.2) is 0 Å². The maximum atomic E-state index is 12.0. The van der Waals surface area contributed by atoms with Gasteiger partial charge in [-0.2, -0.15) is 0 Å². The van der Waals surface area contributed by atoms with Crippen molar-refractivity contribution in [1.82, 2.24) is 10.2 Å². The Balaban J connectivity index is 1.76. The normalized spacial score (nSPS) is 17.1. The molecule has 0 bridgehead atoms. The molecule has 0 aromatic heterocycles. The molecule has 1 aromatic rings. The maximum Gasteiger partial charge on any atom is 0.251 e. The third-order valence-electron chi connectivity index (χ3n) is 3.77. The molecule has 0 aliphatic carbocycles. The lowest BCUT2D eigenvalue weighted by atomic mass is 9.99. The Morgan fingerprint density at radius 3 is 2.80 bits per heavy atom. The first kappa shape index (κ1) is 15.8. The Labute approximate surface area is 133 Å². The van der Waals surface area contributed by atoms with Crippen molar-refractivity contribution in [2.24, 2.45) is 5.92 Å². The van der Waals surface area contributed by atoms with Crippen LogP contribution in [0, 0.1) is 5.92 Å². The third-order valence-corrected chi connectivity index (χ3v) is 4.99. The number of halogens is 2. The van der Waals surface area contributed by atoms with Gasteiger partial charge < -0.3 is 10.2 Å². The zero-order valence-corrected chi connectivity index (χ0v) is 14.0. The van der Waals surface area contributed by atoms with Gasteiger partial charge in [-0.05, 0) is 66.0 Å². The summed E-state index contributed by atoms with van der Waals surface area (Å²) >= 11 is 9.25. The van der Waals surface area contributed by atoms with Crippen LogP contribution in [0.2, 0.25) is 5.02 Å². The monoisotopic (exact) mass is 358 g/mol. The summed E-state index contributed by atoms with van der Waals surface area (Å²) in [4.78, 5) is 14.4. The average Bonchev–Trinajstić information content (AvgIpc) is 2.44. The molecule has 1 aliphatic rings. The van der Waals surface area contributed by atoms with Gasteiger partial charge in [0.1, 0.15) is 0 Å². The Morgan fingerprint density at radius 1 is 1.45 bits per heavy atom. The quantitative estimate of drug-likeness (QED) is 0.891. The molecule has 0 unspecified atom stereocenters. The van der Waals surface area contributed by atoms with Crippen molar-refractivity contribution in [2.45, 2.75) is 19.8 Å². The summed E-state index contributed by atoms with van der Waals surface area (Å²) in [6.45, 7) is 6.20. The lowest BCUT2D eigenvalue weighted by Gasteiger charge is -2.30. The van der Waals surface area contributed by atoms with Crippen LogP contribution in [-0.2, 0) is 0 Å². The largest absolute Gasteiger partial charge is 0.351 e. The molecule has 110 valence electrons. The van der Waals surface area contributed by atoms with Gasteiger partial charge in [0.25, 0.3) is 5.91 Å². The van der Waals surface area contributed by atoms with Crippen LogP contribution in [0.3, 0.4) is 0 Å². The molecule has 0 radical (unpaired) electrons. The van der Waals surface area contributed by atoms with Gasteiger partial charge >= 0.3 is 0 Å². The molecule has 1 aromatic carbocycles. The van der Waals surface area contributed by atoms with Crippen molar-refractivity contribution in [1.29, 1.82) is 0 Å². The summed E-state index contributed by atoms with van der Waals surface area (Å²) in [6, 6.07) is 5.22. The number of amides is 1. The average molecular weight is 360 g/mol. The van der Waals surface area contributed by atoms with Crippen molar-refractivity contribution in [3.63, 3.8) is 0 Å².